The van der Waals surface area contributed by atoms with Crippen LogP contribution < -0.4 is 14.4 Å². The Hall–Kier alpha value is -2.72. The smallest absolute Gasteiger partial charge is 0.263 e. The molecule has 4 rings (SSSR count). The van der Waals surface area contributed by atoms with E-state index in [1.54, 1.807) is 13.2 Å². The Bertz CT molecular complexity index is 1320. The average Bonchev–Trinajstić information content (AvgIpc) is 3.22. The number of aryl methyl sites for hydroxylation is 1. The first-order valence-electron chi connectivity index (χ1n) is 16.3. The van der Waals surface area contributed by atoms with E-state index >= 15 is 0 Å². The van der Waals surface area contributed by atoms with Crippen molar-refractivity contribution in [1.29, 1.82) is 0 Å². The Morgan fingerprint density at radius 1 is 1.17 bits per heavy atom. The third-order valence-corrected chi connectivity index (χ3v) is 10.1. The zero-order valence-electron chi connectivity index (χ0n) is 28.0. The van der Waals surface area contributed by atoms with Gasteiger partial charge < -0.3 is 23.9 Å². The monoisotopic (exact) mass is 690 g/mol. The zero-order chi connectivity index (χ0) is 33.6. The van der Waals surface area contributed by atoms with Crippen LogP contribution in [-0.4, -0.2) is 68.3 Å². The van der Waals surface area contributed by atoms with Gasteiger partial charge in [-0.05, 0) is 92.8 Å². The molecule has 47 heavy (non-hydrogen) atoms. The van der Waals surface area contributed by atoms with Crippen molar-refractivity contribution in [2.75, 3.05) is 44.9 Å². The van der Waals surface area contributed by atoms with Gasteiger partial charge in [0.15, 0.2) is 0 Å². The number of ether oxygens (including phenoxy) is 3. The molecule has 1 N–H and O–H groups in total. The van der Waals surface area contributed by atoms with Crippen LogP contribution >= 0.6 is 11.6 Å². The first-order chi connectivity index (χ1) is 22.2. The van der Waals surface area contributed by atoms with Crippen LogP contribution in [0.4, 0.5) is 5.69 Å². The highest BCUT2D eigenvalue weighted by Crippen LogP contribution is 2.43. The zero-order valence-corrected chi connectivity index (χ0v) is 29.5. The van der Waals surface area contributed by atoms with Crippen LogP contribution in [0.1, 0.15) is 88.2 Å². The fourth-order valence-electron chi connectivity index (χ4n) is 6.12. The SMILES string of the molecule is C.C=O.CC/C=C/C(OCCOC)C1CCC1CN1CC(c2ccc(Cl)cc2CCC)COc2ccc(C(=O)NS(=O)C(C)C)cc21. The Balaban J connectivity index is 0.00000251. The van der Waals surface area contributed by atoms with E-state index < -0.39 is 11.0 Å². The molecule has 2 aromatic carbocycles. The number of halogens is 1. The number of rotatable bonds is 15. The van der Waals surface area contributed by atoms with Crippen molar-refractivity contribution < 1.29 is 28.0 Å². The molecule has 1 amide bonds. The summed E-state index contributed by atoms with van der Waals surface area (Å²) in [6, 6.07) is 11.7. The average molecular weight is 691 g/mol. The second-order valence-electron chi connectivity index (χ2n) is 12.1. The van der Waals surface area contributed by atoms with Crippen molar-refractivity contribution in [3.63, 3.8) is 0 Å². The molecule has 8 nitrogen and oxygen atoms in total. The van der Waals surface area contributed by atoms with Crippen LogP contribution in [0.2, 0.25) is 5.02 Å². The van der Waals surface area contributed by atoms with Gasteiger partial charge >= 0.3 is 0 Å². The summed E-state index contributed by atoms with van der Waals surface area (Å²) in [4.78, 5) is 23.5. The van der Waals surface area contributed by atoms with E-state index in [1.165, 1.54) is 11.1 Å². The normalized spacial score (nSPS) is 20.1. The first kappa shape index (κ1) is 40.5. The summed E-state index contributed by atoms with van der Waals surface area (Å²) in [5.74, 6) is 1.35. The summed E-state index contributed by atoms with van der Waals surface area (Å²) in [6.07, 6.45) is 9.62. The quantitative estimate of drug-likeness (QED) is 0.152. The van der Waals surface area contributed by atoms with Gasteiger partial charge in [0.25, 0.3) is 5.91 Å². The van der Waals surface area contributed by atoms with E-state index in [1.807, 2.05) is 38.8 Å². The summed E-state index contributed by atoms with van der Waals surface area (Å²) in [7, 11) is 0.241. The van der Waals surface area contributed by atoms with E-state index in [2.05, 4.69) is 47.8 Å². The maximum atomic E-state index is 13.1. The topological polar surface area (TPSA) is 94.2 Å². The van der Waals surface area contributed by atoms with E-state index in [4.69, 9.17) is 30.6 Å². The highest BCUT2D eigenvalue weighted by molar-refractivity contribution is 7.84. The number of amides is 1. The van der Waals surface area contributed by atoms with Crippen LogP contribution in [-0.2, 0) is 31.7 Å². The molecule has 0 radical (unpaired) electrons. The Labute approximate surface area is 290 Å². The van der Waals surface area contributed by atoms with Gasteiger partial charge in [0.05, 0.1) is 31.6 Å². The Morgan fingerprint density at radius 3 is 2.57 bits per heavy atom. The molecule has 0 saturated heterocycles. The molecule has 0 bridgehead atoms. The molecular formula is C37H55ClN2O6S. The van der Waals surface area contributed by atoms with Gasteiger partial charge in [-0.15, -0.1) is 0 Å². The van der Waals surface area contributed by atoms with E-state index in [9.17, 15) is 9.00 Å². The van der Waals surface area contributed by atoms with Gasteiger partial charge in [0, 0.05) is 42.0 Å². The minimum absolute atomic E-state index is 0. The number of hydrogen-bond acceptors (Lipinski definition) is 7. The molecule has 2 aromatic rings. The van der Waals surface area contributed by atoms with Crippen molar-refractivity contribution in [3.05, 3.63) is 70.3 Å². The Morgan fingerprint density at radius 2 is 1.94 bits per heavy atom. The third-order valence-electron chi connectivity index (χ3n) is 8.64. The van der Waals surface area contributed by atoms with Crippen molar-refractivity contribution in [2.24, 2.45) is 11.8 Å². The fourth-order valence-corrected chi connectivity index (χ4v) is 6.85. The van der Waals surface area contributed by atoms with Crippen molar-refractivity contribution in [2.45, 2.75) is 84.5 Å². The molecule has 0 aromatic heterocycles. The first-order valence-corrected chi connectivity index (χ1v) is 17.9. The van der Waals surface area contributed by atoms with Crippen LogP contribution in [0, 0.1) is 11.8 Å². The van der Waals surface area contributed by atoms with Gasteiger partial charge in [-0.25, -0.2) is 4.21 Å². The molecule has 0 spiro atoms. The van der Waals surface area contributed by atoms with Gasteiger partial charge in [-0.1, -0.05) is 57.5 Å². The summed E-state index contributed by atoms with van der Waals surface area (Å²) in [6.45, 7) is 13.2. The highest BCUT2D eigenvalue weighted by atomic mass is 35.5. The predicted molar refractivity (Wildman–Crippen MR) is 194 cm³/mol. The Kier molecular flexibility index (Phi) is 17.7. The van der Waals surface area contributed by atoms with Crippen molar-refractivity contribution in [1.82, 2.24) is 4.72 Å². The van der Waals surface area contributed by atoms with E-state index in [0.29, 0.717) is 37.2 Å². The molecule has 1 heterocycles. The highest BCUT2D eigenvalue weighted by Gasteiger charge is 2.39. The molecule has 5 atom stereocenters. The molecule has 1 aliphatic heterocycles. The molecular weight excluding hydrogens is 636 g/mol. The van der Waals surface area contributed by atoms with Crippen LogP contribution in [0.5, 0.6) is 5.75 Å². The lowest BCUT2D eigenvalue weighted by molar-refractivity contribution is -0.0980. The summed E-state index contributed by atoms with van der Waals surface area (Å²) in [5.41, 5.74) is 3.89. The molecule has 2 aliphatic rings. The lowest BCUT2D eigenvalue weighted by atomic mass is 9.70. The second kappa shape index (κ2) is 20.6. The number of allylic oxidation sites excluding steroid dienone is 1. The summed E-state index contributed by atoms with van der Waals surface area (Å²) in [5, 5.41) is 0.576. The second-order valence-corrected chi connectivity index (χ2v) is 14.3. The van der Waals surface area contributed by atoms with E-state index in [-0.39, 0.29) is 30.6 Å². The number of benzene rings is 2. The third kappa shape index (κ3) is 11.2. The number of carbonyl (C=O) groups excluding carboxylic acids is 2. The van der Waals surface area contributed by atoms with Crippen LogP contribution in [0.3, 0.4) is 0 Å². The minimum Gasteiger partial charge on any atom is -0.491 e. The number of methoxy groups -OCH3 is 1. The van der Waals surface area contributed by atoms with Crippen LogP contribution in [0.15, 0.2) is 48.6 Å². The molecule has 1 fully saturated rings. The molecule has 262 valence electrons. The minimum atomic E-state index is -1.46. The summed E-state index contributed by atoms with van der Waals surface area (Å²) < 4.78 is 33.1. The van der Waals surface area contributed by atoms with Gasteiger partial charge in [-0.3, -0.25) is 9.52 Å². The van der Waals surface area contributed by atoms with Crippen molar-refractivity contribution >= 4 is 41.0 Å². The maximum Gasteiger partial charge on any atom is 0.263 e. The number of hydrogen-bond donors (Lipinski definition) is 1. The molecule has 5 unspecified atom stereocenters. The number of fused-ring (bicyclic) bond motifs is 1. The predicted octanol–water partition coefficient (Wildman–Crippen LogP) is 7.55. The number of nitrogens with zero attached hydrogens (tertiary/aromatic N) is 1. The van der Waals surface area contributed by atoms with Gasteiger partial charge in [0.1, 0.15) is 23.5 Å². The number of anilines is 1. The fraction of sp³-hybridized carbons (Fsp3) is 0.568. The van der Waals surface area contributed by atoms with E-state index in [0.717, 1.165) is 61.7 Å². The lowest BCUT2D eigenvalue weighted by Crippen LogP contribution is -2.45. The lowest BCUT2D eigenvalue weighted by Gasteiger charge is -2.44. The van der Waals surface area contributed by atoms with Gasteiger partial charge in [0.2, 0.25) is 0 Å². The molecule has 1 saturated carbocycles. The van der Waals surface area contributed by atoms with Gasteiger partial charge in [-0.2, -0.15) is 0 Å². The van der Waals surface area contributed by atoms with Crippen LogP contribution in [0.25, 0.3) is 0 Å². The molecule has 10 heteroatoms. The largest absolute Gasteiger partial charge is 0.491 e. The number of nitrogens with one attached hydrogen (secondary N) is 1. The summed E-state index contributed by atoms with van der Waals surface area (Å²) >= 11 is 6.42. The van der Waals surface area contributed by atoms with Crippen molar-refractivity contribution in [3.8, 4) is 5.75 Å². The molecule has 1 aliphatic carbocycles. The maximum absolute atomic E-state index is 13.1. The standard InChI is InChI=1S/C35H49ClN2O5S.CH2O.CH4/c1-6-8-10-33(42-18-17-41-5)31-14-11-27(31)21-38-22-28(30-15-13-29(36)19-25(30)9-7-2)23-43-34-16-12-26(20-32(34)38)35(39)37-44(40)24(3)4;1-2;/h8,10,12-13,15-16,19-20,24,27-28,31,33H,6-7,9,11,14,17-18,21-23H2,1-5H3,(H,37,39);1H2;1H4/b10-8+;;. The number of carbonyl (C=O) groups is 2.